The largest absolute Gasteiger partial charge is 0.387 e. The first-order valence-electron chi connectivity index (χ1n) is 10.9. The monoisotopic (exact) mass is 412 g/mol. The van der Waals surface area contributed by atoms with Crippen molar-refractivity contribution in [1.82, 2.24) is 9.97 Å². The van der Waals surface area contributed by atoms with E-state index in [-0.39, 0.29) is 0 Å². The van der Waals surface area contributed by atoms with E-state index in [1.807, 2.05) is 6.07 Å². The molecular weight excluding hydrogens is 384 g/mol. The molecule has 0 fully saturated rings. The maximum atomic E-state index is 10.1. The third-order valence-corrected chi connectivity index (χ3v) is 6.30. The molecule has 0 saturated carbocycles. The zero-order valence-electron chi connectivity index (χ0n) is 18.0. The molecule has 5 heteroatoms. The van der Waals surface area contributed by atoms with Gasteiger partial charge in [-0.2, -0.15) is 0 Å². The Balaban J connectivity index is 1.25. The molecule has 1 aliphatic rings. The number of benzene rings is 2. The van der Waals surface area contributed by atoms with E-state index in [4.69, 9.17) is 0 Å². The summed E-state index contributed by atoms with van der Waals surface area (Å²) >= 11 is 0. The third kappa shape index (κ3) is 3.77. The van der Waals surface area contributed by atoms with E-state index < -0.39 is 6.10 Å². The molecule has 0 unspecified atom stereocenters. The van der Waals surface area contributed by atoms with Crippen LogP contribution < -0.4 is 10.6 Å². The highest BCUT2D eigenvalue weighted by Crippen LogP contribution is 2.35. The molecule has 0 aliphatic heterocycles. The predicted molar refractivity (Wildman–Crippen MR) is 127 cm³/mol. The summed E-state index contributed by atoms with van der Waals surface area (Å²) in [4.78, 5) is 7.76. The van der Waals surface area contributed by atoms with Crippen molar-refractivity contribution in [3.63, 3.8) is 0 Å². The number of nitrogens with zero attached hydrogens (tertiary/aromatic N) is 1. The van der Waals surface area contributed by atoms with Gasteiger partial charge in [0.25, 0.3) is 0 Å². The Morgan fingerprint density at radius 1 is 1.10 bits per heavy atom. The number of pyridine rings is 1. The van der Waals surface area contributed by atoms with E-state index in [1.165, 1.54) is 27.6 Å². The minimum atomic E-state index is -0.439. The fourth-order valence-electron chi connectivity index (χ4n) is 4.59. The minimum absolute atomic E-state index is 0.439. The number of aromatic nitrogens is 2. The fourth-order valence-corrected chi connectivity index (χ4v) is 4.59. The summed E-state index contributed by atoms with van der Waals surface area (Å²) in [5.41, 5.74) is 10.2. The Kier molecular flexibility index (Phi) is 5.12. The number of fused-ring (bicyclic) bond motifs is 2. The number of aromatic amines is 1. The van der Waals surface area contributed by atoms with Crippen molar-refractivity contribution in [1.29, 1.82) is 0 Å². The molecule has 0 radical (unpaired) electrons. The summed E-state index contributed by atoms with van der Waals surface area (Å²) in [5, 5.41) is 18.5. The van der Waals surface area contributed by atoms with Crippen molar-refractivity contribution in [3.05, 3.63) is 82.8 Å². The fraction of sp³-hybridized carbons (Fsp3) is 0.269. The van der Waals surface area contributed by atoms with Crippen molar-refractivity contribution in [2.45, 2.75) is 39.2 Å². The van der Waals surface area contributed by atoms with Crippen LogP contribution >= 0.6 is 0 Å². The molecule has 31 heavy (non-hydrogen) atoms. The van der Waals surface area contributed by atoms with Crippen molar-refractivity contribution in [2.75, 3.05) is 17.2 Å². The number of hydrogen-bond donors (Lipinski definition) is 4. The molecule has 0 saturated heterocycles. The zero-order valence-corrected chi connectivity index (χ0v) is 18.0. The second kappa shape index (κ2) is 8.08. The first kappa shape index (κ1) is 19.6. The number of hydrogen-bond acceptors (Lipinski definition) is 4. The molecule has 5 nitrogen and oxygen atoms in total. The number of para-hydroxylation sites is 1. The number of nitrogens with one attached hydrogen (secondary N) is 3. The summed E-state index contributed by atoms with van der Waals surface area (Å²) in [5.74, 6) is 0. The highest BCUT2D eigenvalue weighted by Gasteiger charge is 2.24. The van der Waals surface area contributed by atoms with Crippen molar-refractivity contribution in [3.8, 4) is 0 Å². The molecule has 0 spiro atoms. The van der Waals surface area contributed by atoms with Crippen LogP contribution in [0.5, 0.6) is 0 Å². The van der Waals surface area contributed by atoms with Gasteiger partial charge in [0.05, 0.1) is 11.8 Å². The van der Waals surface area contributed by atoms with E-state index in [9.17, 15) is 5.11 Å². The number of aliphatic hydroxyl groups is 1. The van der Waals surface area contributed by atoms with Gasteiger partial charge >= 0.3 is 0 Å². The summed E-state index contributed by atoms with van der Waals surface area (Å²) in [6.45, 7) is 5.15. The average molecular weight is 413 g/mol. The van der Waals surface area contributed by atoms with E-state index in [0.717, 1.165) is 54.1 Å². The number of aliphatic hydroxyl groups excluding tert-OH is 1. The summed E-state index contributed by atoms with van der Waals surface area (Å²) < 4.78 is 0. The van der Waals surface area contributed by atoms with Gasteiger partial charge < -0.3 is 20.7 Å². The summed E-state index contributed by atoms with van der Waals surface area (Å²) in [6, 6.07) is 14.8. The molecule has 0 amide bonds. The Labute approximate surface area is 182 Å². The smallest absolute Gasteiger partial charge is 0.0966 e. The highest BCUT2D eigenvalue weighted by molar-refractivity contribution is 5.85. The molecule has 5 rings (SSSR count). The standard InChI is InChI=1S/C26H28N4O/c1-16-4-3-5-20-18(15-29-25(16)20)10-12-27-22-8-6-19(14-17(22)2)30-23-11-13-28-26-21(23)7-9-24(26)31/h3-6,8,11,13-15,24,27,29,31H,7,9-10,12H2,1-2H3,(H,28,30)/t24-/m1/s1. The van der Waals surface area contributed by atoms with Gasteiger partial charge in [0, 0.05) is 46.9 Å². The molecule has 1 aliphatic carbocycles. The maximum Gasteiger partial charge on any atom is 0.0966 e. The van der Waals surface area contributed by atoms with Crippen LogP contribution in [-0.4, -0.2) is 21.6 Å². The van der Waals surface area contributed by atoms with Crippen LogP contribution in [0.1, 0.15) is 40.5 Å². The lowest BCUT2D eigenvalue weighted by Crippen LogP contribution is -2.06. The lowest BCUT2D eigenvalue weighted by atomic mass is 10.1. The van der Waals surface area contributed by atoms with Gasteiger partial charge in [-0.05, 0) is 79.6 Å². The van der Waals surface area contributed by atoms with Crippen LogP contribution in [0.25, 0.3) is 10.9 Å². The van der Waals surface area contributed by atoms with E-state index in [0.29, 0.717) is 0 Å². The van der Waals surface area contributed by atoms with Crippen LogP contribution in [-0.2, 0) is 12.8 Å². The maximum absolute atomic E-state index is 10.1. The average Bonchev–Trinajstić information content (AvgIpc) is 3.35. The first-order chi connectivity index (χ1) is 15.1. The van der Waals surface area contributed by atoms with Crippen LogP contribution in [0.2, 0.25) is 0 Å². The second-order valence-corrected chi connectivity index (χ2v) is 8.42. The Hall–Kier alpha value is -3.31. The number of rotatable bonds is 6. The van der Waals surface area contributed by atoms with Gasteiger partial charge in [-0.15, -0.1) is 0 Å². The van der Waals surface area contributed by atoms with E-state index in [2.05, 4.69) is 77.0 Å². The molecule has 4 aromatic rings. The minimum Gasteiger partial charge on any atom is -0.387 e. The normalized spacial score (nSPS) is 15.3. The van der Waals surface area contributed by atoms with Gasteiger partial charge in [-0.3, -0.25) is 4.98 Å². The van der Waals surface area contributed by atoms with Gasteiger partial charge in [0.1, 0.15) is 0 Å². The summed E-state index contributed by atoms with van der Waals surface area (Å²) in [7, 11) is 0. The topological polar surface area (TPSA) is 73.0 Å². The Morgan fingerprint density at radius 3 is 2.87 bits per heavy atom. The van der Waals surface area contributed by atoms with Crippen LogP contribution in [0, 0.1) is 13.8 Å². The van der Waals surface area contributed by atoms with Gasteiger partial charge in [-0.1, -0.05) is 18.2 Å². The quantitative estimate of drug-likeness (QED) is 0.335. The van der Waals surface area contributed by atoms with Crippen LogP contribution in [0.4, 0.5) is 17.1 Å². The summed E-state index contributed by atoms with van der Waals surface area (Å²) in [6.07, 6.45) is 6.03. The zero-order chi connectivity index (χ0) is 21.4. The van der Waals surface area contributed by atoms with Gasteiger partial charge in [0.2, 0.25) is 0 Å². The second-order valence-electron chi connectivity index (χ2n) is 8.42. The SMILES string of the molecule is Cc1cc(Nc2ccnc3c2CC[C@H]3O)ccc1NCCc1c[nH]c2c(C)cccc12. The number of aryl methyl sites for hydroxylation is 2. The molecule has 158 valence electrons. The van der Waals surface area contributed by atoms with Crippen LogP contribution in [0.15, 0.2) is 54.9 Å². The lowest BCUT2D eigenvalue weighted by Gasteiger charge is -2.14. The molecule has 2 aromatic heterocycles. The third-order valence-electron chi connectivity index (χ3n) is 6.30. The highest BCUT2D eigenvalue weighted by atomic mass is 16.3. The van der Waals surface area contributed by atoms with Crippen LogP contribution in [0.3, 0.4) is 0 Å². The molecule has 2 aromatic carbocycles. The number of H-pyrrole nitrogens is 1. The lowest BCUT2D eigenvalue weighted by molar-refractivity contribution is 0.176. The van der Waals surface area contributed by atoms with Crippen molar-refractivity contribution >= 4 is 28.0 Å². The van der Waals surface area contributed by atoms with E-state index in [1.54, 1.807) is 6.20 Å². The molecule has 1 atom stereocenters. The van der Waals surface area contributed by atoms with Crippen molar-refractivity contribution < 1.29 is 5.11 Å². The molecule has 0 bridgehead atoms. The van der Waals surface area contributed by atoms with Crippen molar-refractivity contribution in [2.24, 2.45) is 0 Å². The van der Waals surface area contributed by atoms with Gasteiger partial charge in [0.15, 0.2) is 0 Å². The Bertz CT molecular complexity index is 1240. The van der Waals surface area contributed by atoms with Gasteiger partial charge in [-0.25, -0.2) is 0 Å². The predicted octanol–water partition coefficient (Wildman–Crippen LogP) is 5.56. The Morgan fingerprint density at radius 2 is 2.00 bits per heavy atom. The molecular formula is C26H28N4O. The van der Waals surface area contributed by atoms with E-state index >= 15 is 0 Å². The number of anilines is 3. The molecule has 4 N–H and O–H groups in total. The first-order valence-corrected chi connectivity index (χ1v) is 10.9. The molecule has 2 heterocycles.